The smallest absolute Gasteiger partial charge is 0.193 e. The zero-order valence-electron chi connectivity index (χ0n) is 15.0. The van der Waals surface area contributed by atoms with E-state index < -0.39 is 0 Å². The normalized spacial score (nSPS) is 28.9. The number of benzene rings is 1. The van der Waals surface area contributed by atoms with E-state index in [1.54, 1.807) is 0 Å². The maximum Gasteiger partial charge on any atom is 0.193 e. The molecule has 2 fully saturated rings. The molecule has 1 N–H and O–H groups in total. The monoisotopic (exact) mass is 452 g/mol. The van der Waals surface area contributed by atoms with Gasteiger partial charge in [0.1, 0.15) is 0 Å². The van der Waals surface area contributed by atoms with Gasteiger partial charge in [-0.05, 0) is 30.7 Å². The van der Waals surface area contributed by atoms with Crippen molar-refractivity contribution < 1.29 is 0 Å². The molecule has 1 saturated heterocycles. The number of guanidine groups is 1. The third kappa shape index (κ3) is 4.56. The van der Waals surface area contributed by atoms with Crippen LogP contribution < -0.4 is 5.32 Å². The number of nitrogens with zero attached hydrogens (tertiary/aromatic N) is 3. The Kier molecular flexibility index (Phi) is 6.39. The number of hydrogen-bond acceptors (Lipinski definition) is 2. The van der Waals surface area contributed by atoms with Gasteiger partial charge in [0.15, 0.2) is 5.96 Å². The summed E-state index contributed by atoms with van der Waals surface area (Å²) < 4.78 is 0. The fourth-order valence-corrected chi connectivity index (χ4v) is 4.05. The molecule has 1 aromatic rings. The van der Waals surface area contributed by atoms with E-state index in [0.717, 1.165) is 38.1 Å². The zero-order valence-corrected chi connectivity index (χ0v) is 17.3. The highest BCUT2D eigenvalue weighted by atomic mass is 127. The van der Waals surface area contributed by atoms with E-state index in [1.165, 1.54) is 24.8 Å². The van der Waals surface area contributed by atoms with E-state index in [9.17, 15) is 0 Å². The van der Waals surface area contributed by atoms with Gasteiger partial charge in [0.05, 0.1) is 0 Å². The van der Waals surface area contributed by atoms with Crippen molar-refractivity contribution in [3.05, 3.63) is 48.0 Å². The molecule has 1 aliphatic carbocycles. The SMILES string of the molecule is CN=C(NC1CC1Cc1ccccc1)N1CCC(N2CC=CC2)C1.I. The van der Waals surface area contributed by atoms with Crippen LogP contribution in [0.5, 0.6) is 0 Å². The lowest BCUT2D eigenvalue weighted by molar-refractivity contribution is 0.259. The highest BCUT2D eigenvalue weighted by Gasteiger charge is 2.39. The minimum Gasteiger partial charge on any atom is -0.353 e. The molecule has 4 rings (SSSR count). The first-order chi connectivity index (χ1) is 11.8. The average molecular weight is 452 g/mol. The second-order valence-corrected chi connectivity index (χ2v) is 7.30. The summed E-state index contributed by atoms with van der Waals surface area (Å²) in [5.41, 5.74) is 1.45. The van der Waals surface area contributed by atoms with Crippen LogP contribution in [0, 0.1) is 5.92 Å². The molecule has 25 heavy (non-hydrogen) atoms. The first-order valence-electron chi connectivity index (χ1n) is 9.24. The molecule has 2 aliphatic heterocycles. The maximum atomic E-state index is 4.55. The summed E-state index contributed by atoms with van der Waals surface area (Å²) in [4.78, 5) is 9.57. The molecule has 1 saturated carbocycles. The van der Waals surface area contributed by atoms with Gasteiger partial charge in [-0.15, -0.1) is 24.0 Å². The van der Waals surface area contributed by atoms with Crippen molar-refractivity contribution in [3.63, 3.8) is 0 Å². The van der Waals surface area contributed by atoms with Crippen molar-refractivity contribution in [2.45, 2.75) is 31.3 Å². The highest BCUT2D eigenvalue weighted by Crippen LogP contribution is 2.34. The van der Waals surface area contributed by atoms with Gasteiger partial charge in [-0.2, -0.15) is 0 Å². The molecule has 2 heterocycles. The molecule has 5 heteroatoms. The number of nitrogens with one attached hydrogen (secondary N) is 1. The van der Waals surface area contributed by atoms with Crippen LogP contribution in [-0.2, 0) is 6.42 Å². The van der Waals surface area contributed by atoms with Gasteiger partial charge in [-0.25, -0.2) is 0 Å². The fraction of sp³-hybridized carbons (Fsp3) is 0.550. The van der Waals surface area contributed by atoms with E-state index in [1.807, 2.05) is 7.05 Å². The van der Waals surface area contributed by atoms with Gasteiger partial charge >= 0.3 is 0 Å². The molecule has 0 bridgehead atoms. The summed E-state index contributed by atoms with van der Waals surface area (Å²) in [7, 11) is 1.92. The molecule has 0 spiro atoms. The van der Waals surface area contributed by atoms with E-state index in [0.29, 0.717) is 12.1 Å². The van der Waals surface area contributed by atoms with Gasteiger partial charge in [0, 0.05) is 45.3 Å². The number of likely N-dealkylation sites (tertiary alicyclic amines) is 1. The van der Waals surface area contributed by atoms with Gasteiger partial charge in [-0.3, -0.25) is 9.89 Å². The Hall–Kier alpha value is -1.08. The summed E-state index contributed by atoms with van der Waals surface area (Å²) >= 11 is 0. The Labute approximate surface area is 168 Å². The Balaban J connectivity index is 0.00000182. The number of halogens is 1. The van der Waals surface area contributed by atoms with Crippen molar-refractivity contribution >= 4 is 29.9 Å². The molecule has 3 atom stereocenters. The maximum absolute atomic E-state index is 4.55. The first-order valence-corrected chi connectivity index (χ1v) is 9.24. The van der Waals surface area contributed by atoms with Crippen LogP contribution >= 0.6 is 24.0 Å². The molecule has 1 aromatic carbocycles. The molecular weight excluding hydrogens is 423 g/mol. The van der Waals surface area contributed by atoms with Crippen LogP contribution in [0.1, 0.15) is 18.4 Å². The molecule has 0 aromatic heterocycles. The third-order valence-electron chi connectivity index (χ3n) is 5.62. The zero-order chi connectivity index (χ0) is 16.4. The average Bonchev–Trinajstić information content (AvgIpc) is 3.02. The summed E-state index contributed by atoms with van der Waals surface area (Å²) in [5.74, 6) is 1.86. The molecular formula is C20H29IN4. The van der Waals surface area contributed by atoms with Crippen molar-refractivity contribution in [1.29, 1.82) is 0 Å². The summed E-state index contributed by atoms with van der Waals surface area (Å²) in [5, 5.41) is 3.71. The van der Waals surface area contributed by atoms with Crippen LogP contribution in [0.3, 0.4) is 0 Å². The Morgan fingerprint density at radius 2 is 1.96 bits per heavy atom. The number of aliphatic imine (C=N–C) groups is 1. The Bertz CT molecular complexity index is 607. The summed E-state index contributed by atoms with van der Waals surface area (Å²) in [6.07, 6.45) is 8.27. The van der Waals surface area contributed by atoms with Crippen LogP contribution in [0.15, 0.2) is 47.5 Å². The highest BCUT2D eigenvalue weighted by molar-refractivity contribution is 14.0. The predicted molar refractivity (Wildman–Crippen MR) is 115 cm³/mol. The Morgan fingerprint density at radius 3 is 2.68 bits per heavy atom. The van der Waals surface area contributed by atoms with Gasteiger partial charge in [0.25, 0.3) is 0 Å². The Morgan fingerprint density at radius 1 is 1.20 bits per heavy atom. The van der Waals surface area contributed by atoms with Gasteiger partial charge in [-0.1, -0.05) is 42.5 Å². The fourth-order valence-electron chi connectivity index (χ4n) is 4.05. The summed E-state index contributed by atoms with van der Waals surface area (Å²) in [6.45, 7) is 4.47. The van der Waals surface area contributed by atoms with Crippen molar-refractivity contribution in [2.24, 2.45) is 10.9 Å². The molecule has 3 unspecified atom stereocenters. The second kappa shape index (κ2) is 8.54. The molecule has 3 aliphatic rings. The minimum absolute atomic E-state index is 0. The largest absolute Gasteiger partial charge is 0.353 e. The lowest BCUT2D eigenvalue weighted by atomic mass is 10.1. The molecule has 0 amide bonds. The molecule has 136 valence electrons. The standard InChI is InChI=1S/C20H28N4.HI/c1-21-20(24-12-9-18(15-24)23-10-5-6-11-23)22-19-14-17(19)13-16-7-3-2-4-8-16;/h2-8,17-19H,9-15H2,1H3,(H,21,22);1H. The lowest BCUT2D eigenvalue weighted by Crippen LogP contribution is -2.43. The molecule has 4 nitrogen and oxygen atoms in total. The topological polar surface area (TPSA) is 30.9 Å². The third-order valence-corrected chi connectivity index (χ3v) is 5.62. The number of rotatable bonds is 4. The van der Waals surface area contributed by atoms with Crippen molar-refractivity contribution in [3.8, 4) is 0 Å². The van der Waals surface area contributed by atoms with Crippen LogP contribution in [0.2, 0.25) is 0 Å². The van der Waals surface area contributed by atoms with Crippen LogP contribution in [0.4, 0.5) is 0 Å². The quantitative estimate of drug-likeness (QED) is 0.330. The van der Waals surface area contributed by atoms with E-state index >= 15 is 0 Å². The number of hydrogen-bond donors (Lipinski definition) is 1. The van der Waals surface area contributed by atoms with Crippen LogP contribution in [-0.4, -0.2) is 61.1 Å². The summed E-state index contributed by atoms with van der Waals surface area (Å²) in [6, 6.07) is 12.1. The predicted octanol–water partition coefficient (Wildman–Crippen LogP) is 2.76. The van der Waals surface area contributed by atoms with Crippen molar-refractivity contribution in [2.75, 3.05) is 33.2 Å². The van der Waals surface area contributed by atoms with Crippen LogP contribution in [0.25, 0.3) is 0 Å². The first kappa shape index (κ1) is 18.7. The second-order valence-electron chi connectivity index (χ2n) is 7.30. The van der Waals surface area contributed by atoms with Gasteiger partial charge < -0.3 is 10.2 Å². The van der Waals surface area contributed by atoms with Gasteiger partial charge in [0.2, 0.25) is 0 Å². The van der Waals surface area contributed by atoms with Crippen molar-refractivity contribution in [1.82, 2.24) is 15.1 Å². The van der Waals surface area contributed by atoms with E-state index in [-0.39, 0.29) is 24.0 Å². The minimum atomic E-state index is 0. The van der Waals surface area contributed by atoms with E-state index in [4.69, 9.17) is 0 Å². The lowest BCUT2D eigenvalue weighted by Gasteiger charge is -2.25. The molecule has 0 radical (unpaired) electrons. The van der Waals surface area contributed by atoms with E-state index in [2.05, 4.69) is 62.6 Å².